The number of piperidine rings is 1. The minimum Gasteiger partial charge on any atom is -0.348 e. The summed E-state index contributed by atoms with van der Waals surface area (Å²) in [6.45, 7) is 12.2. The molecule has 1 spiro atoms. The third kappa shape index (κ3) is 5.12. The second-order valence-electron chi connectivity index (χ2n) is 11.8. The first-order valence-corrected chi connectivity index (χ1v) is 14.4. The van der Waals surface area contributed by atoms with Crippen LogP contribution in [0.2, 0.25) is 0 Å². The van der Waals surface area contributed by atoms with Crippen molar-refractivity contribution in [3.05, 3.63) is 64.7 Å². The number of aromatic nitrogens is 4. The molecule has 2 aliphatic heterocycles. The maximum Gasteiger partial charge on any atom is 0.327 e. The topological polar surface area (TPSA) is 99.2 Å². The van der Waals surface area contributed by atoms with Crippen LogP contribution in [-0.2, 0) is 11.3 Å². The summed E-state index contributed by atoms with van der Waals surface area (Å²) < 4.78 is 1.62. The van der Waals surface area contributed by atoms with Crippen LogP contribution < -0.4 is 11.0 Å². The van der Waals surface area contributed by atoms with Gasteiger partial charge in [0.1, 0.15) is 5.52 Å². The van der Waals surface area contributed by atoms with E-state index in [2.05, 4.69) is 62.9 Å². The first kappa shape index (κ1) is 25.8. The molecule has 9 nitrogen and oxygen atoms in total. The molecule has 3 aliphatic rings. The molecule has 0 radical (unpaired) electrons. The lowest BCUT2D eigenvalue weighted by Gasteiger charge is -2.54. The second kappa shape index (κ2) is 10.3. The van der Waals surface area contributed by atoms with Gasteiger partial charge in [-0.1, -0.05) is 43.7 Å². The van der Waals surface area contributed by atoms with E-state index < -0.39 is 0 Å². The minimum absolute atomic E-state index is 0.0220. The Bertz CT molecular complexity index is 1410. The number of H-pyrrole nitrogens is 1. The van der Waals surface area contributed by atoms with Crippen molar-refractivity contribution < 1.29 is 4.79 Å². The number of aryl methyl sites for hydroxylation is 1. The van der Waals surface area contributed by atoms with Gasteiger partial charge in [0.2, 0.25) is 11.9 Å². The van der Waals surface area contributed by atoms with E-state index in [1.54, 1.807) is 10.8 Å². The minimum atomic E-state index is -0.162. The first-order chi connectivity index (χ1) is 18.9. The summed E-state index contributed by atoms with van der Waals surface area (Å²) in [7, 11) is 0. The summed E-state index contributed by atoms with van der Waals surface area (Å²) in [6.07, 6.45) is 9.35. The van der Waals surface area contributed by atoms with Crippen LogP contribution in [0.25, 0.3) is 11.2 Å². The Labute approximate surface area is 229 Å². The predicted molar refractivity (Wildman–Crippen MR) is 152 cm³/mol. The highest BCUT2D eigenvalue weighted by Gasteiger charge is 2.47. The monoisotopic (exact) mass is 529 g/mol. The fraction of sp³-hybridized carbons (Fsp3) is 0.533. The van der Waals surface area contributed by atoms with E-state index in [4.69, 9.17) is 0 Å². The lowest BCUT2D eigenvalue weighted by Crippen LogP contribution is -2.61. The largest absolute Gasteiger partial charge is 0.348 e. The van der Waals surface area contributed by atoms with Gasteiger partial charge in [-0.15, -0.1) is 0 Å². The lowest BCUT2D eigenvalue weighted by atomic mass is 9.71. The Morgan fingerprint density at radius 1 is 1.21 bits per heavy atom. The zero-order chi connectivity index (χ0) is 27.1. The standard InChI is InChI=1S/C30H39N7O2/c1-4-26(38)36-18-30(19-36)12-14-35(15-13-30)25(16-21-6-7-21)23-10-8-22(9-11-23)20(3)32-28-31-17-24-27(34-28)37(5-2)29(39)33-24/h4,8-11,17,20-21,25H,1,5-7,12-16,18-19H2,2-3H3,(H,33,39)(H,31,32,34)/t20-,25?/m0/s1. The van der Waals surface area contributed by atoms with Crippen LogP contribution in [0.5, 0.6) is 0 Å². The number of hydrogen-bond donors (Lipinski definition) is 2. The van der Waals surface area contributed by atoms with Gasteiger partial charge < -0.3 is 15.2 Å². The average Bonchev–Trinajstić information content (AvgIpc) is 3.70. The molecule has 3 aromatic rings. The number of nitrogens with zero attached hydrogens (tertiary/aromatic N) is 5. The molecule has 1 saturated carbocycles. The molecule has 206 valence electrons. The van der Waals surface area contributed by atoms with E-state index in [0.29, 0.717) is 35.1 Å². The van der Waals surface area contributed by atoms with Gasteiger partial charge in [0.15, 0.2) is 5.65 Å². The fourth-order valence-electron chi connectivity index (χ4n) is 6.43. The quantitative estimate of drug-likeness (QED) is 0.402. The van der Waals surface area contributed by atoms with Gasteiger partial charge in [-0.05, 0) is 69.3 Å². The molecular formula is C30H39N7O2. The maximum absolute atomic E-state index is 12.1. The van der Waals surface area contributed by atoms with Gasteiger partial charge in [-0.3, -0.25) is 14.3 Å². The fourth-order valence-corrected chi connectivity index (χ4v) is 6.43. The van der Waals surface area contributed by atoms with Crippen molar-refractivity contribution in [1.82, 2.24) is 29.3 Å². The number of benzene rings is 1. The van der Waals surface area contributed by atoms with Crippen molar-refractivity contribution in [1.29, 1.82) is 0 Å². The van der Waals surface area contributed by atoms with E-state index in [0.717, 1.165) is 44.9 Å². The number of likely N-dealkylation sites (tertiary alicyclic amines) is 2. The number of anilines is 1. The Morgan fingerprint density at radius 3 is 2.54 bits per heavy atom. The molecule has 2 aromatic heterocycles. The number of fused-ring (bicyclic) bond motifs is 1. The molecular weight excluding hydrogens is 490 g/mol. The highest BCUT2D eigenvalue weighted by atomic mass is 16.2. The van der Waals surface area contributed by atoms with Crippen LogP contribution >= 0.6 is 0 Å². The third-order valence-corrected chi connectivity index (χ3v) is 9.09. The Kier molecular flexibility index (Phi) is 6.79. The summed E-state index contributed by atoms with van der Waals surface area (Å²) in [4.78, 5) is 40.5. The first-order valence-electron chi connectivity index (χ1n) is 14.4. The Balaban J connectivity index is 1.12. The number of carbonyl (C=O) groups excluding carboxylic acids is 1. The molecule has 2 atom stereocenters. The molecule has 39 heavy (non-hydrogen) atoms. The number of nitrogens with one attached hydrogen (secondary N) is 2. The van der Waals surface area contributed by atoms with Crippen molar-refractivity contribution in [3.63, 3.8) is 0 Å². The van der Waals surface area contributed by atoms with Crippen LogP contribution in [0, 0.1) is 11.3 Å². The maximum atomic E-state index is 12.1. The zero-order valence-corrected chi connectivity index (χ0v) is 23.0. The lowest BCUT2D eigenvalue weighted by molar-refractivity contribution is -0.141. The van der Waals surface area contributed by atoms with Gasteiger partial charge in [0.05, 0.1) is 12.2 Å². The van der Waals surface area contributed by atoms with Crippen molar-refractivity contribution in [2.24, 2.45) is 11.3 Å². The molecule has 1 aliphatic carbocycles. The summed E-state index contributed by atoms with van der Waals surface area (Å²) >= 11 is 0. The van der Waals surface area contributed by atoms with Crippen LogP contribution in [0.15, 0.2) is 47.9 Å². The van der Waals surface area contributed by atoms with Gasteiger partial charge in [0, 0.05) is 31.1 Å². The van der Waals surface area contributed by atoms with Crippen LogP contribution in [0.3, 0.4) is 0 Å². The Hall–Kier alpha value is -3.46. The van der Waals surface area contributed by atoms with E-state index in [-0.39, 0.29) is 17.6 Å². The molecule has 1 amide bonds. The number of imidazole rings is 1. The van der Waals surface area contributed by atoms with Crippen LogP contribution in [0.4, 0.5) is 5.95 Å². The predicted octanol–water partition coefficient (Wildman–Crippen LogP) is 4.26. The number of amides is 1. The second-order valence-corrected chi connectivity index (χ2v) is 11.8. The molecule has 4 heterocycles. The van der Waals surface area contributed by atoms with Gasteiger partial charge in [0.25, 0.3) is 0 Å². The van der Waals surface area contributed by atoms with Gasteiger partial charge in [-0.25, -0.2) is 9.78 Å². The van der Waals surface area contributed by atoms with E-state index in [9.17, 15) is 9.59 Å². The zero-order valence-electron chi connectivity index (χ0n) is 23.0. The van der Waals surface area contributed by atoms with Crippen molar-refractivity contribution >= 4 is 23.0 Å². The summed E-state index contributed by atoms with van der Waals surface area (Å²) in [6, 6.07) is 9.50. The molecule has 2 N–H and O–H groups in total. The van der Waals surface area contributed by atoms with Gasteiger partial charge in [-0.2, -0.15) is 4.98 Å². The van der Waals surface area contributed by atoms with Crippen molar-refractivity contribution in [3.8, 4) is 0 Å². The number of carbonyl (C=O) groups is 1. The number of rotatable bonds is 9. The average molecular weight is 530 g/mol. The summed E-state index contributed by atoms with van der Waals surface area (Å²) in [5, 5.41) is 3.41. The van der Waals surface area contributed by atoms with Crippen LogP contribution in [-0.4, -0.2) is 61.4 Å². The van der Waals surface area contributed by atoms with Crippen molar-refractivity contribution in [2.45, 2.75) is 64.6 Å². The van der Waals surface area contributed by atoms with Gasteiger partial charge >= 0.3 is 5.69 Å². The third-order valence-electron chi connectivity index (χ3n) is 9.09. The molecule has 9 heteroatoms. The summed E-state index contributed by atoms with van der Waals surface area (Å²) in [5.74, 6) is 1.42. The molecule has 1 aromatic carbocycles. The molecule has 6 rings (SSSR count). The Morgan fingerprint density at radius 2 is 1.90 bits per heavy atom. The summed E-state index contributed by atoms with van der Waals surface area (Å²) in [5.41, 5.74) is 3.98. The normalized spacial score (nSPS) is 20.5. The molecule has 0 bridgehead atoms. The molecule has 2 saturated heterocycles. The highest BCUT2D eigenvalue weighted by molar-refractivity contribution is 5.87. The smallest absolute Gasteiger partial charge is 0.327 e. The highest BCUT2D eigenvalue weighted by Crippen LogP contribution is 2.45. The number of hydrogen-bond acceptors (Lipinski definition) is 6. The van der Waals surface area contributed by atoms with Crippen LogP contribution in [0.1, 0.15) is 69.2 Å². The van der Waals surface area contributed by atoms with E-state index in [1.807, 2.05) is 11.8 Å². The molecule has 3 fully saturated rings. The molecule has 1 unspecified atom stereocenters. The van der Waals surface area contributed by atoms with E-state index >= 15 is 0 Å². The van der Waals surface area contributed by atoms with E-state index in [1.165, 1.54) is 36.5 Å². The van der Waals surface area contributed by atoms with Crippen molar-refractivity contribution in [2.75, 3.05) is 31.5 Å². The number of aromatic amines is 1. The SMILES string of the molecule is C=CC(=O)N1CC2(CCN(C(CC3CC3)c3ccc([C@H](C)Nc4ncc5[nH]c(=O)n(CC)c5n4)cc3)CC2)C1.